The van der Waals surface area contributed by atoms with E-state index < -0.39 is 33.4 Å². The van der Waals surface area contributed by atoms with Crippen molar-refractivity contribution >= 4 is 21.8 Å². The quantitative estimate of drug-likeness (QED) is 0.419. The average molecular weight is 494 g/mol. The van der Waals surface area contributed by atoms with Crippen molar-refractivity contribution in [3.05, 3.63) is 77.8 Å². The molecule has 0 saturated heterocycles. The van der Waals surface area contributed by atoms with Crippen LogP contribution in [0.5, 0.6) is 0 Å². The molecule has 0 spiro atoms. The van der Waals surface area contributed by atoms with Crippen LogP contribution in [-0.4, -0.2) is 52.4 Å². The summed E-state index contributed by atoms with van der Waals surface area (Å²) in [5.74, 6) is -4.19. The molecule has 34 heavy (non-hydrogen) atoms. The first-order chi connectivity index (χ1) is 15.9. The molecule has 10 nitrogen and oxygen atoms in total. The van der Waals surface area contributed by atoms with Crippen molar-refractivity contribution in [3.63, 3.8) is 0 Å². The van der Waals surface area contributed by atoms with Gasteiger partial charge in [-0.05, 0) is 38.2 Å². The SMILES string of the molecule is CNCc1cc(S(=O)(=O)c2ccc(C)nc2)n(-c2ccc(F)cc2F)n1.O=C(O)/C=C/C(=O)O. The van der Waals surface area contributed by atoms with Gasteiger partial charge in [-0.15, -0.1) is 0 Å². The molecule has 0 radical (unpaired) electrons. The Morgan fingerprint density at radius 3 is 2.24 bits per heavy atom. The molecule has 3 aromatic rings. The Balaban J connectivity index is 0.000000440. The molecule has 3 N–H and O–H groups in total. The second-order valence-corrected chi connectivity index (χ2v) is 8.56. The molecular weight excluding hydrogens is 474 g/mol. The highest BCUT2D eigenvalue weighted by Crippen LogP contribution is 2.26. The van der Waals surface area contributed by atoms with Crippen molar-refractivity contribution in [2.24, 2.45) is 0 Å². The Morgan fingerprint density at radius 2 is 1.74 bits per heavy atom. The van der Waals surface area contributed by atoms with E-state index in [2.05, 4.69) is 15.4 Å². The number of benzene rings is 1. The lowest BCUT2D eigenvalue weighted by molar-refractivity contribution is -0.134. The second-order valence-electron chi connectivity index (χ2n) is 6.66. The topological polar surface area (TPSA) is 151 Å². The van der Waals surface area contributed by atoms with E-state index in [1.54, 1.807) is 20.0 Å². The molecule has 1 aromatic carbocycles. The smallest absolute Gasteiger partial charge is 0.328 e. The Labute approximate surface area is 193 Å². The number of hydrogen-bond acceptors (Lipinski definition) is 7. The molecule has 0 amide bonds. The van der Waals surface area contributed by atoms with Crippen molar-refractivity contribution in [1.82, 2.24) is 20.1 Å². The monoisotopic (exact) mass is 494 g/mol. The van der Waals surface area contributed by atoms with Crippen LogP contribution in [0.15, 0.2) is 64.7 Å². The molecule has 0 saturated carbocycles. The summed E-state index contributed by atoms with van der Waals surface area (Å²) in [6, 6.07) is 7.22. The van der Waals surface area contributed by atoms with Crippen molar-refractivity contribution < 1.29 is 37.0 Å². The third-order valence-electron chi connectivity index (χ3n) is 4.06. The summed E-state index contributed by atoms with van der Waals surface area (Å²) in [7, 11) is -2.33. The maximum Gasteiger partial charge on any atom is 0.328 e. The third-order valence-corrected chi connectivity index (χ3v) is 5.76. The highest BCUT2D eigenvalue weighted by Gasteiger charge is 2.26. The number of carboxylic acids is 2. The fourth-order valence-corrected chi connectivity index (χ4v) is 3.91. The Morgan fingerprint density at radius 1 is 1.09 bits per heavy atom. The van der Waals surface area contributed by atoms with Gasteiger partial charge in [0.15, 0.2) is 10.8 Å². The molecule has 0 aliphatic heterocycles. The molecule has 0 aliphatic rings. The Hall–Kier alpha value is -3.97. The van der Waals surface area contributed by atoms with Gasteiger partial charge in [0.05, 0.1) is 10.6 Å². The maximum atomic E-state index is 14.2. The highest BCUT2D eigenvalue weighted by molar-refractivity contribution is 7.91. The number of nitrogens with one attached hydrogen (secondary N) is 1. The molecule has 2 heterocycles. The Kier molecular flexibility index (Phi) is 8.70. The summed E-state index contributed by atoms with van der Waals surface area (Å²) in [6.07, 6.45) is 2.35. The predicted octanol–water partition coefficient (Wildman–Crippen LogP) is 2.12. The molecule has 0 bridgehead atoms. The summed E-state index contributed by atoms with van der Waals surface area (Å²) in [5.41, 5.74) is 0.903. The number of nitrogens with zero attached hydrogens (tertiary/aromatic N) is 3. The lowest BCUT2D eigenvalue weighted by atomic mass is 10.3. The van der Waals surface area contributed by atoms with Crippen LogP contribution >= 0.6 is 0 Å². The fourth-order valence-electron chi connectivity index (χ4n) is 2.57. The zero-order valence-corrected chi connectivity index (χ0v) is 18.8. The van der Waals surface area contributed by atoms with Gasteiger partial charge in [0.25, 0.3) is 0 Å². The van der Waals surface area contributed by atoms with Gasteiger partial charge in [0, 0.05) is 42.7 Å². The van der Waals surface area contributed by atoms with Gasteiger partial charge in [-0.25, -0.2) is 31.5 Å². The molecule has 0 aliphatic carbocycles. The summed E-state index contributed by atoms with van der Waals surface area (Å²) in [6.45, 7) is 2.02. The second kappa shape index (κ2) is 11.2. The van der Waals surface area contributed by atoms with Crippen LogP contribution in [0.4, 0.5) is 8.78 Å². The van der Waals surface area contributed by atoms with Crippen LogP contribution in [-0.2, 0) is 26.0 Å². The number of aromatic nitrogens is 3. The van der Waals surface area contributed by atoms with Gasteiger partial charge in [-0.2, -0.15) is 5.10 Å². The normalized spacial score (nSPS) is 11.2. The number of hydrogen-bond donors (Lipinski definition) is 3. The molecule has 0 atom stereocenters. The number of aryl methyl sites for hydroxylation is 1. The van der Waals surface area contributed by atoms with Gasteiger partial charge >= 0.3 is 11.9 Å². The fraction of sp³-hybridized carbons (Fsp3) is 0.143. The number of pyridine rings is 1. The molecule has 180 valence electrons. The zero-order valence-electron chi connectivity index (χ0n) is 17.9. The van der Waals surface area contributed by atoms with Crippen molar-refractivity contribution in [1.29, 1.82) is 0 Å². The van der Waals surface area contributed by atoms with Gasteiger partial charge in [-0.1, -0.05) is 0 Å². The minimum atomic E-state index is -4.01. The van der Waals surface area contributed by atoms with E-state index in [-0.39, 0.29) is 22.2 Å². The maximum absolute atomic E-state index is 14.2. The van der Waals surface area contributed by atoms with E-state index >= 15 is 0 Å². The number of rotatable bonds is 7. The third kappa shape index (κ3) is 6.76. The number of carbonyl (C=O) groups is 2. The number of carboxylic acid groups (broad SMARTS) is 2. The van der Waals surface area contributed by atoms with E-state index in [4.69, 9.17) is 10.2 Å². The van der Waals surface area contributed by atoms with Gasteiger partial charge in [0.2, 0.25) is 9.84 Å². The van der Waals surface area contributed by atoms with Crippen LogP contribution in [0.25, 0.3) is 5.69 Å². The lowest BCUT2D eigenvalue weighted by Gasteiger charge is -2.09. The van der Waals surface area contributed by atoms with Crippen LogP contribution < -0.4 is 5.32 Å². The van der Waals surface area contributed by atoms with Crippen molar-refractivity contribution in [3.8, 4) is 5.69 Å². The zero-order chi connectivity index (χ0) is 25.5. The van der Waals surface area contributed by atoms with Crippen LogP contribution in [0.2, 0.25) is 0 Å². The number of aliphatic carboxylic acids is 2. The summed E-state index contributed by atoms with van der Waals surface area (Å²) < 4.78 is 54.5. The van der Waals surface area contributed by atoms with Crippen molar-refractivity contribution in [2.45, 2.75) is 23.4 Å². The molecule has 2 aromatic heterocycles. The van der Waals surface area contributed by atoms with E-state index in [0.717, 1.165) is 16.8 Å². The summed E-state index contributed by atoms with van der Waals surface area (Å²) in [4.78, 5) is 23.1. The van der Waals surface area contributed by atoms with E-state index in [1.807, 2.05) is 0 Å². The standard InChI is InChI=1S/C17H16F2N4O2S.C4H4O4/c1-11-3-5-14(10-21-11)26(24,25)17-8-13(9-20-2)22-23(17)16-6-4-12(18)7-15(16)19;5-3(6)1-2-4(7)8/h3-8,10,20H,9H2,1-2H3;1-2H,(H,5,6)(H,7,8)/b;2-1+. The molecular formula is C21H20F2N4O6S. The van der Waals surface area contributed by atoms with E-state index in [1.165, 1.54) is 18.3 Å². The molecule has 13 heteroatoms. The number of sulfone groups is 1. The predicted molar refractivity (Wildman–Crippen MR) is 115 cm³/mol. The average Bonchev–Trinajstić information content (AvgIpc) is 3.18. The first-order valence-corrected chi connectivity index (χ1v) is 10.9. The first kappa shape index (κ1) is 26.3. The van der Waals surface area contributed by atoms with Crippen molar-refractivity contribution in [2.75, 3.05) is 7.05 Å². The summed E-state index contributed by atoms with van der Waals surface area (Å²) in [5, 5.41) is 22.4. The van der Waals surface area contributed by atoms with Gasteiger partial charge < -0.3 is 15.5 Å². The van der Waals surface area contributed by atoms with Crippen LogP contribution in [0.3, 0.4) is 0 Å². The van der Waals surface area contributed by atoms with E-state index in [0.29, 0.717) is 29.6 Å². The van der Waals surface area contributed by atoms with Gasteiger partial charge in [0.1, 0.15) is 11.5 Å². The minimum absolute atomic E-state index is 0.0391. The first-order valence-electron chi connectivity index (χ1n) is 9.46. The molecule has 3 rings (SSSR count). The molecule has 0 fully saturated rings. The molecule has 0 unspecified atom stereocenters. The Bertz CT molecular complexity index is 1310. The van der Waals surface area contributed by atoms with Gasteiger partial charge in [-0.3, -0.25) is 4.98 Å². The van der Waals surface area contributed by atoms with Crippen LogP contribution in [0.1, 0.15) is 11.4 Å². The highest BCUT2D eigenvalue weighted by atomic mass is 32.2. The lowest BCUT2D eigenvalue weighted by Crippen LogP contribution is -2.12. The minimum Gasteiger partial charge on any atom is -0.478 e. The summed E-state index contributed by atoms with van der Waals surface area (Å²) >= 11 is 0. The number of halogens is 2. The van der Waals surface area contributed by atoms with E-state index in [9.17, 15) is 26.8 Å². The van der Waals surface area contributed by atoms with Crippen LogP contribution in [0, 0.1) is 18.6 Å². The largest absolute Gasteiger partial charge is 0.478 e.